The van der Waals surface area contributed by atoms with Gasteiger partial charge in [0.1, 0.15) is 11.5 Å². The molecule has 0 aliphatic carbocycles. The van der Waals surface area contributed by atoms with E-state index >= 15 is 0 Å². The number of thioether (sulfide) groups is 1. The van der Waals surface area contributed by atoms with Gasteiger partial charge < -0.3 is 9.73 Å². The highest BCUT2D eigenvalue weighted by atomic mass is 35.5. The second-order valence-electron chi connectivity index (χ2n) is 6.53. The number of aliphatic imine (C=N–C) groups is 1. The van der Waals surface area contributed by atoms with Crippen molar-refractivity contribution in [1.82, 2.24) is 5.32 Å². The van der Waals surface area contributed by atoms with E-state index in [-0.39, 0.29) is 5.91 Å². The van der Waals surface area contributed by atoms with Crippen molar-refractivity contribution in [3.63, 3.8) is 0 Å². The summed E-state index contributed by atoms with van der Waals surface area (Å²) in [5, 5.41) is 4.45. The van der Waals surface area contributed by atoms with Gasteiger partial charge in [0.05, 0.1) is 15.6 Å². The number of halogens is 2. The summed E-state index contributed by atoms with van der Waals surface area (Å²) in [5.41, 5.74) is 3.77. The Hall–Kier alpha value is -2.47. The fourth-order valence-electron chi connectivity index (χ4n) is 2.84. The maximum atomic E-state index is 12.3. The first-order valence-corrected chi connectivity index (χ1v) is 10.4. The molecule has 1 aliphatic heterocycles. The van der Waals surface area contributed by atoms with Crippen molar-refractivity contribution in [3.05, 3.63) is 80.4 Å². The maximum absolute atomic E-state index is 12.3. The van der Waals surface area contributed by atoms with Crippen LogP contribution in [0.3, 0.4) is 0 Å². The Kier molecular flexibility index (Phi) is 5.54. The van der Waals surface area contributed by atoms with Crippen LogP contribution < -0.4 is 5.32 Å². The average molecular weight is 443 g/mol. The van der Waals surface area contributed by atoms with Crippen LogP contribution in [0.15, 0.2) is 62.8 Å². The molecule has 0 bridgehead atoms. The predicted octanol–water partition coefficient (Wildman–Crippen LogP) is 6.76. The molecule has 1 N–H and O–H groups in total. The number of amidine groups is 1. The summed E-state index contributed by atoms with van der Waals surface area (Å²) in [7, 11) is 0. The van der Waals surface area contributed by atoms with Crippen LogP contribution in [0.2, 0.25) is 10.0 Å². The molecule has 0 radical (unpaired) electrons. The van der Waals surface area contributed by atoms with Gasteiger partial charge in [-0.05, 0) is 73.1 Å². The van der Waals surface area contributed by atoms with Crippen LogP contribution in [-0.2, 0) is 4.79 Å². The molecule has 1 fully saturated rings. The van der Waals surface area contributed by atoms with E-state index in [2.05, 4.69) is 10.3 Å². The van der Waals surface area contributed by atoms with E-state index in [1.807, 2.05) is 32.0 Å². The highest BCUT2D eigenvalue weighted by Gasteiger charge is 2.24. The third kappa shape index (κ3) is 4.27. The van der Waals surface area contributed by atoms with Crippen LogP contribution in [-0.4, -0.2) is 11.1 Å². The lowest BCUT2D eigenvalue weighted by Gasteiger charge is -2.04. The standard InChI is InChI=1S/C22H16Cl2N2O2S/c1-12-4-3-5-18(13(12)2)25-22-26-21(27)20(29-22)11-15-7-9-19(28-15)16-10-14(23)6-8-17(16)24/h3-11H,1-2H3,(H,25,26,27). The lowest BCUT2D eigenvalue weighted by atomic mass is 10.1. The number of hydrogen-bond acceptors (Lipinski definition) is 4. The molecule has 146 valence electrons. The van der Waals surface area contributed by atoms with Gasteiger partial charge in [-0.15, -0.1) is 0 Å². The van der Waals surface area contributed by atoms with E-state index in [1.165, 1.54) is 11.8 Å². The Morgan fingerprint density at radius 3 is 2.76 bits per heavy atom. The van der Waals surface area contributed by atoms with E-state index in [9.17, 15) is 4.79 Å². The summed E-state index contributed by atoms with van der Waals surface area (Å²) in [6.45, 7) is 4.05. The molecule has 0 saturated carbocycles. The minimum absolute atomic E-state index is 0.210. The molecule has 3 aromatic rings. The SMILES string of the molecule is Cc1cccc(N=C2NC(=O)C(=Cc3ccc(-c4cc(Cl)ccc4Cl)o3)S2)c1C. The molecular formula is C22H16Cl2N2O2S. The summed E-state index contributed by atoms with van der Waals surface area (Å²) in [6, 6.07) is 14.7. The highest BCUT2D eigenvalue weighted by molar-refractivity contribution is 8.18. The summed E-state index contributed by atoms with van der Waals surface area (Å²) in [6.07, 6.45) is 1.69. The Labute approximate surface area is 182 Å². The van der Waals surface area contributed by atoms with Crippen LogP contribution in [0.5, 0.6) is 0 Å². The quantitative estimate of drug-likeness (QED) is 0.455. The van der Waals surface area contributed by atoms with Crippen LogP contribution in [0.4, 0.5) is 5.69 Å². The Balaban J connectivity index is 1.59. The number of amides is 1. The number of nitrogens with zero attached hydrogens (tertiary/aromatic N) is 1. The maximum Gasteiger partial charge on any atom is 0.264 e. The first-order valence-electron chi connectivity index (χ1n) is 8.82. The summed E-state index contributed by atoms with van der Waals surface area (Å²) in [5.74, 6) is 0.913. The Morgan fingerprint density at radius 1 is 1.10 bits per heavy atom. The average Bonchev–Trinajstić information content (AvgIpc) is 3.28. The predicted molar refractivity (Wildman–Crippen MR) is 121 cm³/mol. The van der Waals surface area contributed by atoms with Crippen molar-refractivity contribution in [2.75, 3.05) is 0 Å². The molecule has 2 aromatic carbocycles. The number of carbonyl (C=O) groups excluding carboxylic acids is 1. The van der Waals surface area contributed by atoms with Gasteiger partial charge in [0.2, 0.25) is 0 Å². The molecule has 2 heterocycles. The van der Waals surface area contributed by atoms with E-state index in [0.29, 0.717) is 37.2 Å². The summed E-state index contributed by atoms with van der Waals surface area (Å²) < 4.78 is 5.85. The third-order valence-corrected chi connectivity index (χ3v) is 6.02. The number of nitrogens with one attached hydrogen (secondary N) is 1. The van der Waals surface area contributed by atoms with Gasteiger partial charge in [-0.3, -0.25) is 4.79 Å². The Bertz CT molecular complexity index is 1180. The molecule has 4 nitrogen and oxygen atoms in total. The van der Waals surface area contributed by atoms with Crippen molar-refractivity contribution in [1.29, 1.82) is 0 Å². The van der Waals surface area contributed by atoms with Crippen LogP contribution >= 0.6 is 35.0 Å². The van der Waals surface area contributed by atoms with Gasteiger partial charge in [0, 0.05) is 16.7 Å². The second kappa shape index (κ2) is 8.11. The second-order valence-corrected chi connectivity index (χ2v) is 8.40. The largest absolute Gasteiger partial charge is 0.457 e. The lowest BCUT2D eigenvalue weighted by molar-refractivity contribution is -0.115. The molecule has 0 spiro atoms. The zero-order valence-corrected chi connectivity index (χ0v) is 18.0. The molecule has 1 aromatic heterocycles. The van der Waals surface area contributed by atoms with Crippen molar-refractivity contribution in [2.24, 2.45) is 4.99 Å². The zero-order chi connectivity index (χ0) is 20.5. The smallest absolute Gasteiger partial charge is 0.264 e. The fraction of sp³-hybridized carbons (Fsp3) is 0.0909. The third-order valence-electron chi connectivity index (χ3n) is 4.54. The minimum Gasteiger partial charge on any atom is -0.457 e. The molecule has 1 saturated heterocycles. The zero-order valence-electron chi connectivity index (χ0n) is 15.6. The first kappa shape index (κ1) is 19.8. The number of rotatable bonds is 3. The normalized spacial score (nSPS) is 16.6. The van der Waals surface area contributed by atoms with Crippen molar-refractivity contribution >= 4 is 57.8 Å². The van der Waals surface area contributed by atoms with Gasteiger partial charge in [0.25, 0.3) is 5.91 Å². The molecule has 0 atom stereocenters. The molecule has 29 heavy (non-hydrogen) atoms. The Morgan fingerprint density at radius 2 is 1.93 bits per heavy atom. The number of furan rings is 1. The van der Waals surface area contributed by atoms with Crippen molar-refractivity contribution in [3.8, 4) is 11.3 Å². The molecule has 4 rings (SSSR count). The first-order chi connectivity index (χ1) is 13.9. The van der Waals surface area contributed by atoms with Crippen LogP contribution in [0.25, 0.3) is 17.4 Å². The number of benzene rings is 2. The van der Waals surface area contributed by atoms with Crippen LogP contribution in [0.1, 0.15) is 16.9 Å². The van der Waals surface area contributed by atoms with Gasteiger partial charge in [0.15, 0.2) is 5.17 Å². The van der Waals surface area contributed by atoms with Gasteiger partial charge in [-0.25, -0.2) is 4.99 Å². The van der Waals surface area contributed by atoms with E-state index < -0.39 is 0 Å². The van der Waals surface area contributed by atoms with Crippen molar-refractivity contribution in [2.45, 2.75) is 13.8 Å². The minimum atomic E-state index is -0.210. The number of carbonyl (C=O) groups is 1. The molecule has 7 heteroatoms. The molecule has 1 aliphatic rings. The van der Waals surface area contributed by atoms with Crippen LogP contribution in [0, 0.1) is 13.8 Å². The van der Waals surface area contributed by atoms with Gasteiger partial charge in [-0.1, -0.05) is 35.3 Å². The van der Waals surface area contributed by atoms with E-state index in [1.54, 1.807) is 36.4 Å². The molecule has 0 unspecified atom stereocenters. The molecule has 1 amide bonds. The number of hydrogen-bond donors (Lipinski definition) is 1. The van der Waals surface area contributed by atoms with Gasteiger partial charge in [-0.2, -0.15) is 0 Å². The van der Waals surface area contributed by atoms with Crippen molar-refractivity contribution < 1.29 is 9.21 Å². The number of aryl methyl sites for hydroxylation is 1. The van der Waals surface area contributed by atoms with E-state index in [0.717, 1.165) is 16.8 Å². The fourth-order valence-corrected chi connectivity index (χ4v) is 4.03. The highest BCUT2D eigenvalue weighted by Crippen LogP contribution is 2.34. The summed E-state index contributed by atoms with van der Waals surface area (Å²) in [4.78, 5) is 17.4. The monoisotopic (exact) mass is 442 g/mol. The summed E-state index contributed by atoms with van der Waals surface area (Å²) >= 11 is 13.6. The lowest BCUT2D eigenvalue weighted by Crippen LogP contribution is -2.19. The topological polar surface area (TPSA) is 54.6 Å². The van der Waals surface area contributed by atoms with Gasteiger partial charge >= 0.3 is 0 Å². The molecular weight excluding hydrogens is 427 g/mol. The van der Waals surface area contributed by atoms with E-state index in [4.69, 9.17) is 27.6 Å².